The Labute approximate surface area is 207 Å². The average Bonchev–Trinajstić information content (AvgIpc) is 2.82. The Balaban J connectivity index is 3.92. The van der Waals surface area contributed by atoms with Crippen molar-refractivity contribution < 1.29 is 24.2 Å². The molecule has 4 N–H and O–H groups in total. The van der Waals surface area contributed by atoms with E-state index in [1.54, 1.807) is 6.92 Å². The van der Waals surface area contributed by atoms with Gasteiger partial charge in [-0.25, -0.2) is 19.4 Å². The fraction of sp³-hybridized carbons (Fsp3) is 0.815. The predicted molar refractivity (Wildman–Crippen MR) is 137 cm³/mol. The minimum Gasteiger partial charge on any atom is -0.330 e. The highest BCUT2D eigenvalue weighted by molar-refractivity contribution is 6.07. The number of Topliss-reactive ketones (excluding diaryl/α,β-unsaturated/α-hetero) is 1. The maximum atomic E-state index is 12.2. The molecule has 0 aromatic heterocycles. The summed E-state index contributed by atoms with van der Waals surface area (Å²) in [6.45, 7) is 5.64. The third kappa shape index (κ3) is 15.2. The highest BCUT2D eigenvalue weighted by Gasteiger charge is 2.42. The molecule has 0 spiro atoms. The summed E-state index contributed by atoms with van der Waals surface area (Å²) in [7, 11) is 0. The zero-order valence-electron chi connectivity index (χ0n) is 21.9. The second-order valence-corrected chi connectivity index (χ2v) is 9.47. The van der Waals surface area contributed by atoms with Gasteiger partial charge >= 0.3 is 11.9 Å². The van der Waals surface area contributed by atoms with E-state index in [4.69, 9.17) is 11.5 Å². The van der Waals surface area contributed by atoms with Crippen molar-refractivity contribution in [1.82, 2.24) is 0 Å². The number of nitrogens with two attached hydrogens (primary N) is 2. The van der Waals surface area contributed by atoms with Gasteiger partial charge in [-0.05, 0) is 64.8 Å². The molecule has 0 aromatic carbocycles. The van der Waals surface area contributed by atoms with Crippen molar-refractivity contribution in [2.24, 2.45) is 17.4 Å². The number of allylic oxidation sites excluding steroid dienone is 2. The third-order valence-electron chi connectivity index (χ3n) is 6.27. The second-order valence-electron chi connectivity index (χ2n) is 9.47. The van der Waals surface area contributed by atoms with Crippen LogP contribution in [0.4, 0.5) is 0 Å². The van der Waals surface area contributed by atoms with Gasteiger partial charge in [0.1, 0.15) is 0 Å². The lowest BCUT2D eigenvalue weighted by Crippen LogP contribution is -2.55. The van der Waals surface area contributed by atoms with Crippen LogP contribution in [0.5, 0.6) is 0 Å². The van der Waals surface area contributed by atoms with Gasteiger partial charge in [-0.15, -0.1) is 0 Å². The van der Waals surface area contributed by atoms with Crippen molar-refractivity contribution in [3.05, 3.63) is 12.2 Å². The minimum absolute atomic E-state index is 0.0969. The van der Waals surface area contributed by atoms with Gasteiger partial charge in [0.2, 0.25) is 0 Å². The first kappa shape index (κ1) is 32.3. The van der Waals surface area contributed by atoms with E-state index in [0.29, 0.717) is 25.8 Å². The minimum atomic E-state index is -1.82. The van der Waals surface area contributed by atoms with Gasteiger partial charge < -0.3 is 11.5 Å². The molecule has 0 fully saturated rings. The van der Waals surface area contributed by atoms with Gasteiger partial charge in [-0.2, -0.15) is 0 Å². The molecule has 0 aliphatic rings. The van der Waals surface area contributed by atoms with Crippen molar-refractivity contribution >= 4 is 17.7 Å². The van der Waals surface area contributed by atoms with Crippen LogP contribution in [0.15, 0.2) is 12.2 Å². The molecule has 34 heavy (non-hydrogen) atoms. The monoisotopic (exact) mass is 482 g/mol. The number of hydrogen-bond donors (Lipinski definition) is 2. The van der Waals surface area contributed by atoms with E-state index in [-0.39, 0.29) is 6.42 Å². The molecule has 198 valence electrons. The molecule has 0 saturated carbocycles. The summed E-state index contributed by atoms with van der Waals surface area (Å²) in [6, 6.07) is 0. The molecule has 0 radical (unpaired) electrons. The molecule has 0 aliphatic carbocycles. The standard InChI is InChI=1S/C27H50N2O5/c1-4-5-6-7-8-9-10-11-12-13-14-15-16-17-20-23(2)25(31)33-34-26(32)27(29,24(3)30)21-18-19-22-28/h11-12,23H,4-10,13-22,28-29H2,1-3H3/b12-11-. The van der Waals surface area contributed by atoms with Crippen molar-refractivity contribution in [3.8, 4) is 0 Å². The van der Waals surface area contributed by atoms with Crippen molar-refractivity contribution in [1.29, 1.82) is 0 Å². The van der Waals surface area contributed by atoms with Crippen LogP contribution in [-0.4, -0.2) is 29.8 Å². The topological polar surface area (TPSA) is 122 Å². The Morgan fingerprint density at radius 1 is 0.824 bits per heavy atom. The van der Waals surface area contributed by atoms with E-state index in [9.17, 15) is 14.4 Å². The fourth-order valence-corrected chi connectivity index (χ4v) is 3.67. The zero-order chi connectivity index (χ0) is 25.7. The van der Waals surface area contributed by atoms with Gasteiger partial charge in [0.15, 0.2) is 11.3 Å². The van der Waals surface area contributed by atoms with Gasteiger partial charge in [-0.1, -0.05) is 77.4 Å². The van der Waals surface area contributed by atoms with Crippen LogP contribution in [0.3, 0.4) is 0 Å². The lowest BCUT2D eigenvalue weighted by atomic mass is 9.90. The van der Waals surface area contributed by atoms with Crippen LogP contribution in [0.1, 0.15) is 124 Å². The lowest BCUT2D eigenvalue weighted by molar-refractivity contribution is -0.265. The Kier molecular flexibility index (Phi) is 19.6. The zero-order valence-corrected chi connectivity index (χ0v) is 21.9. The van der Waals surface area contributed by atoms with Gasteiger partial charge in [0, 0.05) is 0 Å². The van der Waals surface area contributed by atoms with Gasteiger partial charge in [0.25, 0.3) is 0 Å². The molecule has 7 nitrogen and oxygen atoms in total. The molecular weight excluding hydrogens is 432 g/mol. The van der Waals surface area contributed by atoms with Crippen LogP contribution in [-0.2, 0) is 24.2 Å². The largest absolute Gasteiger partial charge is 0.382 e. The molecule has 0 saturated heterocycles. The summed E-state index contributed by atoms with van der Waals surface area (Å²) >= 11 is 0. The quantitative estimate of drug-likeness (QED) is 0.0708. The van der Waals surface area contributed by atoms with E-state index in [1.165, 1.54) is 51.9 Å². The van der Waals surface area contributed by atoms with E-state index in [0.717, 1.165) is 32.1 Å². The molecule has 0 aromatic rings. The van der Waals surface area contributed by atoms with E-state index >= 15 is 0 Å². The second kappa shape index (κ2) is 20.6. The number of unbranched alkanes of at least 4 members (excludes halogenated alkanes) is 11. The smallest absolute Gasteiger partial charge is 0.330 e. The molecule has 0 bridgehead atoms. The van der Waals surface area contributed by atoms with Crippen molar-refractivity contribution in [2.45, 2.75) is 129 Å². The molecule has 2 atom stereocenters. The summed E-state index contributed by atoms with van der Waals surface area (Å²) in [5, 5.41) is 0. The summed E-state index contributed by atoms with van der Waals surface area (Å²) in [5.74, 6) is -2.59. The van der Waals surface area contributed by atoms with Gasteiger partial charge in [0.05, 0.1) is 5.92 Å². The Hall–Kier alpha value is -1.73. The summed E-state index contributed by atoms with van der Waals surface area (Å²) < 4.78 is 0. The molecule has 7 heteroatoms. The van der Waals surface area contributed by atoms with Crippen LogP contribution in [0.25, 0.3) is 0 Å². The van der Waals surface area contributed by atoms with Crippen LogP contribution in [0.2, 0.25) is 0 Å². The first-order valence-electron chi connectivity index (χ1n) is 13.4. The van der Waals surface area contributed by atoms with E-state index in [2.05, 4.69) is 28.9 Å². The highest BCUT2D eigenvalue weighted by atomic mass is 17.2. The SMILES string of the molecule is CCCCCCCC/C=C\CCCCCCC(C)C(=O)OOC(=O)C(N)(CCCCN)C(C)=O. The number of rotatable bonds is 21. The highest BCUT2D eigenvalue weighted by Crippen LogP contribution is 2.17. The average molecular weight is 483 g/mol. The lowest BCUT2D eigenvalue weighted by Gasteiger charge is -2.23. The fourth-order valence-electron chi connectivity index (χ4n) is 3.67. The Morgan fingerprint density at radius 2 is 1.38 bits per heavy atom. The number of hydrogen-bond acceptors (Lipinski definition) is 7. The van der Waals surface area contributed by atoms with Gasteiger partial charge in [-0.3, -0.25) is 4.79 Å². The Bertz CT molecular complexity index is 594. The molecular formula is C27H50N2O5. The molecule has 0 amide bonds. The third-order valence-corrected chi connectivity index (χ3v) is 6.27. The van der Waals surface area contributed by atoms with Crippen molar-refractivity contribution in [3.63, 3.8) is 0 Å². The number of carbonyl (C=O) groups excluding carboxylic acids is 3. The first-order chi connectivity index (χ1) is 16.3. The summed E-state index contributed by atoms with van der Waals surface area (Å²) in [4.78, 5) is 45.5. The summed E-state index contributed by atoms with van der Waals surface area (Å²) in [6.07, 6.45) is 21.0. The predicted octanol–water partition coefficient (Wildman–Crippen LogP) is 5.69. The van der Waals surface area contributed by atoms with Crippen LogP contribution >= 0.6 is 0 Å². The normalized spacial score (nSPS) is 14.0. The van der Waals surface area contributed by atoms with E-state index in [1.807, 2.05) is 0 Å². The first-order valence-corrected chi connectivity index (χ1v) is 13.4. The maximum absolute atomic E-state index is 12.2. The molecule has 0 rings (SSSR count). The molecule has 2 unspecified atom stereocenters. The van der Waals surface area contributed by atoms with Crippen molar-refractivity contribution in [2.75, 3.05) is 6.54 Å². The van der Waals surface area contributed by atoms with Crippen LogP contribution in [0, 0.1) is 5.92 Å². The number of ketones is 1. The Morgan fingerprint density at radius 3 is 1.94 bits per heavy atom. The molecule has 0 aliphatic heterocycles. The van der Waals surface area contributed by atoms with E-state index < -0.39 is 29.2 Å². The number of carbonyl (C=O) groups is 3. The summed E-state index contributed by atoms with van der Waals surface area (Å²) in [5.41, 5.74) is 9.54. The maximum Gasteiger partial charge on any atom is 0.382 e. The molecule has 0 heterocycles. The van der Waals surface area contributed by atoms with Crippen LogP contribution < -0.4 is 11.5 Å².